The maximum absolute atomic E-state index is 9.19. The van der Waals surface area contributed by atoms with E-state index in [1.54, 1.807) is 0 Å². The van der Waals surface area contributed by atoms with Crippen LogP contribution in [0.2, 0.25) is 0 Å². The molecule has 3 rings (SSSR count). The first-order chi connectivity index (χ1) is 8.93. The zero-order valence-corrected chi connectivity index (χ0v) is 11.8. The summed E-state index contributed by atoms with van der Waals surface area (Å²) in [6, 6.07) is 16.8. The zero-order chi connectivity index (χ0) is 13.9. The molecule has 0 spiro atoms. The van der Waals surface area contributed by atoms with Crippen LogP contribution in [0.25, 0.3) is 0 Å². The van der Waals surface area contributed by atoms with Crippen LogP contribution in [-0.2, 0) is 10.1 Å². The van der Waals surface area contributed by atoms with Crippen LogP contribution in [0.15, 0.2) is 58.3 Å². The molecule has 0 amide bonds. The molecular formula is C13H13NO3S2. The van der Waals surface area contributed by atoms with Crippen molar-refractivity contribution in [3.63, 3.8) is 0 Å². The molecule has 2 aromatic carbocycles. The Morgan fingerprint density at radius 2 is 1.32 bits per heavy atom. The molecule has 0 fully saturated rings. The number of benzene rings is 2. The molecule has 2 aromatic rings. The maximum atomic E-state index is 9.19. The first kappa shape index (κ1) is 13.9. The molecule has 0 aromatic heterocycles. The van der Waals surface area contributed by atoms with E-state index in [4.69, 9.17) is 4.55 Å². The molecule has 0 saturated carbocycles. The van der Waals surface area contributed by atoms with Crippen molar-refractivity contribution in [3.05, 3.63) is 48.5 Å². The second-order valence-electron chi connectivity index (χ2n) is 3.95. The second kappa shape index (κ2) is 5.64. The van der Waals surface area contributed by atoms with Gasteiger partial charge in [-0.15, -0.1) is 0 Å². The highest BCUT2D eigenvalue weighted by Gasteiger charge is 2.13. The van der Waals surface area contributed by atoms with Gasteiger partial charge in [-0.25, -0.2) is 0 Å². The van der Waals surface area contributed by atoms with Crippen LogP contribution in [0.3, 0.4) is 0 Å². The van der Waals surface area contributed by atoms with Crippen LogP contribution in [-0.4, -0.2) is 19.2 Å². The van der Waals surface area contributed by atoms with Crippen LogP contribution < -0.4 is 5.32 Å². The highest BCUT2D eigenvalue weighted by molar-refractivity contribution is 7.99. The van der Waals surface area contributed by atoms with Crippen LogP contribution in [0.4, 0.5) is 11.4 Å². The molecular weight excluding hydrogens is 282 g/mol. The number of para-hydroxylation sites is 2. The Hall–Kier alpha value is -1.50. The van der Waals surface area contributed by atoms with Gasteiger partial charge in [0.15, 0.2) is 0 Å². The van der Waals surface area contributed by atoms with Crippen molar-refractivity contribution < 1.29 is 13.0 Å². The van der Waals surface area contributed by atoms with E-state index >= 15 is 0 Å². The molecule has 0 aliphatic carbocycles. The first-order valence-corrected chi connectivity index (χ1v) is 8.15. The van der Waals surface area contributed by atoms with Gasteiger partial charge in [0.05, 0.1) is 17.6 Å². The minimum Gasteiger partial charge on any atom is -0.354 e. The highest BCUT2D eigenvalue weighted by Crippen LogP contribution is 2.43. The number of fused-ring (bicyclic) bond motifs is 2. The molecule has 1 heterocycles. The molecule has 0 bridgehead atoms. The summed E-state index contributed by atoms with van der Waals surface area (Å²) in [5.41, 5.74) is 2.41. The maximum Gasteiger partial charge on any atom is 0.261 e. The van der Waals surface area contributed by atoms with E-state index in [0.717, 1.165) is 0 Å². The second-order valence-corrected chi connectivity index (χ2v) is 6.50. The first-order valence-electron chi connectivity index (χ1n) is 5.49. The number of nitrogens with one attached hydrogen (secondary N) is 1. The lowest BCUT2D eigenvalue weighted by Gasteiger charge is -2.19. The van der Waals surface area contributed by atoms with Crippen LogP contribution >= 0.6 is 11.8 Å². The lowest BCUT2D eigenvalue weighted by atomic mass is 10.2. The van der Waals surface area contributed by atoms with Gasteiger partial charge >= 0.3 is 0 Å². The van der Waals surface area contributed by atoms with Crippen molar-refractivity contribution in [3.8, 4) is 0 Å². The van der Waals surface area contributed by atoms with Crippen LogP contribution in [0, 0.1) is 0 Å². The third-order valence-corrected chi connectivity index (χ3v) is 3.42. The summed E-state index contributed by atoms with van der Waals surface area (Å²) in [4.78, 5) is 2.59. The Labute approximate surface area is 116 Å². The summed E-state index contributed by atoms with van der Waals surface area (Å²) >= 11 is 1.82. The lowest BCUT2D eigenvalue weighted by molar-refractivity contribution is 0.490. The van der Waals surface area contributed by atoms with Crippen molar-refractivity contribution in [2.45, 2.75) is 9.79 Å². The van der Waals surface area contributed by atoms with Gasteiger partial charge in [0.2, 0.25) is 0 Å². The van der Waals surface area contributed by atoms with E-state index in [2.05, 4.69) is 53.8 Å². The van der Waals surface area contributed by atoms with E-state index in [1.807, 2.05) is 11.8 Å². The van der Waals surface area contributed by atoms with Crippen molar-refractivity contribution >= 4 is 33.3 Å². The standard InChI is InChI=1S/C12H9NS.CH4O3S/c1-3-7-11-9(5-1)13-10-6-2-4-8-12(10)14-11;1-5(2,3)4/h1-8,13H;1H3,(H,2,3,4). The lowest BCUT2D eigenvalue weighted by Crippen LogP contribution is -1.98. The van der Waals surface area contributed by atoms with Crippen molar-refractivity contribution in [1.29, 1.82) is 0 Å². The van der Waals surface area contributed by atoms with E-state index in [-0.39, 0.29) is 0 Å². The van der Waals surface area contributed by atoms with Crippen molar-refractivity contribution in [2.24, 2.45) is 0 Å². The molecule has 0 saturated heterocycles. The zero-order valence-electron chi connectivity index (χ0n) is 10.2. The van der Waals surface area contributed by atoms with Gasteiger partial charge in [0, 0.05) is 9.79 Å². The molecule has 0 atom stereocenters. The largest absolute Gasteiger partial charge is 0.354 e. The van der Waals surface area contributed by atoms with Crippen LogP contribution in [0.1, 0.15) is 0 Å². The average molecular weight is 295 g/mol. The van der Waals surface area contributed by atoms with Crippen molar-refractivity contribution in [1.82, 2.24) is 0 Å². The quantitative estimate of drug-likeness (QED) is 0.622. The topological polar surface area (TPSA) is 66.4 Å². The summed E-state index contributed by atoms with van der Waals surface area (Å²) in [6.07, 6.45) is 0.715. The van der Waals surface area contributed by atoms with Gasteiger partial charge in [-0.2, -0.15) is 8.42 Å². The third-order valence-electron chi connectivity index (χ3n) is 2.26. The minimum atomic E-state index is -3.67. The summed E-state index contributed by atoms with van der Waals surface area (Å²) < 4.78 is 25.9. The van der Waals surface area contributed by atoms with Gasteiger partial charge in [-0.3, -0.25) is 4.55 Å². The van der Waals surface area contributed by atoms with Gasteiger partial charge in [-0.05, 0) is 24.3 Å². The predicted molar refractivity (Wildman–Crippen MR) is 77.8 cm³/mol. The summed E-state index contributed by atoms with van der Waals surface area (Å²) in [5.74, 6) is 0. The normalized spacial score (nSPS) is 12.3. The summed E-state index contributed by atoms with van der Waals surface area (Å²) in [5, 5.41) is 3.42. The molecule has 100 valence electrons. The Morgan fingerprint density at radius 1 is 0.947 bits per heavy atom. The Kier molecular flexibility index (Phi) is 4.14. The molecule has 0 unspecified atom stereocenters. The summed E-state index contributed by atoms with van der Waals surface area (Å²) in [6.45, 7) is 0. The summed E-state index contributed by atoms with van der Waals surface area (Å²) in [7, 11) is -3.67. The molecule has 19 heavy (non-hydrogen) atoms. The molecule has 0 radical (unpaired) electrons. The Balaban J connectivity index is 0.000000232. The average Bonchev–Trinajstić information content (AvgIpc) is 2.34. The Bertz CT molecular complexity index is 588. The van der Waals surface area contributed by atoms with Gasteiger partial charge < -0.3 is 5.32 Å². The van der Waals surface area contributed by atoms with E-state index < -0.39 is 10.1 Å². The predicted octanol–water partition coefficient (Wildman–Crippen LogP) is 3.40. The molecule has 6 heteroatoms. The Morgan fingerprint density at radius 3 is 1.74 bits per heavy atom. The monoisotopic (exact) mass is 295 g/mol. The van der Waals surface area contributed by atoms with E-state index in [0.29, 0.717) is 6.26 Å². The number of rotatable bonds is 0. The number of anilines is 2. The van der Waals surface area contributed by atoms with E-state index in [1.165, 1.54) is 21.2 Å². The molecule has 1 aliphatic rings. The fourth-order valence-corrected chi connectivity index (χ4v) is 2.57. The van der Waals surface area contributed by atoms with Crippen molar-refractivity contribution in [2.75, 3.05) is 11.6 Å². The third kappa shape index (κ3) is 4.27. The highest BCUT2D eigenvalue weighted by atomic mass is 32.2. The SMILES string of the molecule is CS(=O)(=O)O.c1ccc2c(c1)Nc1ccccc1S2. The molecule has 2 N–H and O–H groups in total. The number of hydrogen-bond donors (Lipinski definition) is 2. The van der Waals surface area contributed by atoms with Crippen LogP contribution in [0.5, 0.6) is 0 Å². The van der Waals surface area contributed by atoms with Gasteiger partial charge in [-0.1, -0.05) is 36.0 Å². The minimum absolute atomic E-state index is 0.715. The number of hydrogen-bond acceptors (Lipinski definition) is 4. The van der Waals surface area contributed by atoms with Gasteiger partial charge in [0.25, 0.3) is 10.1 Å². The fraction of sp³-hybridized carbons (Fsp3) is 0.0769. The molecule has 4 nitrogen and oxygen atoms in total. The smallest absolute Gasteiger partial charge is 0.261 e. The van der Waals surface area contributed by atoms with Gasteiger partial charge in [0.1, 0.15) is 0 Å². The molecule has 1 aliphatic heterocycles. The fourth-order valence-electron chi connectivity index (χ4n) is 1.58. The van der Waals surface area contributed by atoms with E-state index in [9.17, 15) is 8.42 Å².